The van der Waals surface area contributed by atoms with Crippen LogP contribution in [-0.2, 0) is 0 Å². The minimum absolute atomic E-state index is 0.476. The normalized spacial score (nSPS) is 12.7. The maximum absolute atomic E-state index is 6.02. The first kappa shape index (κ1) is 15.5. The van der Waals surface area contributed by atoms with E-state index in [9.17, 15) is 0 Å². The van der Waals surface area contributed by atoms with Crippen molar-refractivity contribution < 1.29 is 0 Å². The van der Waals surface area contributed by atoms with Gasteiger partial charge in [-0.1, -0.05) is 57.2 Å². The Morgan fingerprint density at radius 1 is 1.17 bits per heavy atom. The van der Waals surface area contributed by atoms with Crippen LogP contribution >= 0.6 is 11.6 Å². The van der Waals surface area contributed by atoms with Gasteiger partial charge in [0.15, 0.2) is 0 Å². The largest absolute Gasteiger partial charge is 0.310 e. The van der Waals surface area contributed by atoms with Crippen LogP contribution in [0.5, 0.6) is 0 Å². The number of aryl methyl sites for hydroxylation is 1. The van der Waals surface area contributed by atoms with Gasteiger partial charge in [-0.3, -0.25) is 0 Å². The lowest BCUT2D eigenvalue weighted by Gasteiger charge is -2.20. The van der Waals surface area contributed by atoms with Crippen LogP contribution in [0.15, 0.2) is 18.2 Å². The third-order valence-electron chi connectivity index (χ3n) is 3.40. The Morgan fingerprint density at radius 2 is 1.94 bits per heavy atom. The summed E-state index contributed by atoms with van der Waals surface area (Å²) in [5.74, 6) is 0. The van der Waals surface area contributed by atoms with Gasteiger partial charge < -0.3 is 5.32 Å². The third kappa shape index (κ3) is 4.99. The first-order valence-electron chi connectivity index (χ1n) is 7.18. The average molecular weight is 268 g/mol. The Balaban J connectivity index is 2.64. The number of hydrogen-bond acceptors (Lipinski definition) is 1. The van der Waals surface area contributed by atoms with E-state index in [2.05, 4.69) is 38.2 Å². The number of nitrogens with one attached hydrogen (secondary N) is 1. The molecule has 0 aliphatic carbocycles. The number of rotatable bonds is 8. The van der Waals surface area contributed by atoms with Crippen LogP contribution in [-0.4, -0.2) is 6.54 Å². The summed E-state index contributed by atoms with van der Waals surface area (Å²) in [4.78, 5) is 0. The molecule has 2 heteroatoms. The lowest BCUT2D eigenvalue weighted by Crippen LogP contribution is -2.21. The van der Waals surface area contributed by atoms with E-state index in [0.29, 0.717) is 6.04 Å². The standard InChI is InChI=1S/C16H26ClN/c1-4-6-7-8-9-16(18-5-2)15-11-10-14(17)12-13(15)3/h10-12,16,18H,4-9H2,1-3H3. The van der Waals surface area contributed by atoms with Crippen LogP contribution < -0.4 is 5.32 Å². The Kier molecular flexibility index (Phi) is 7.38. The summed E-state index contributed by atoms with van der Waals surface area (Å²) in [6.45, 7) is 7.59. The van der Waals surface area contributed by atoms with E-state index < -0.39 is 0 Å². The number of benzene rings is 1. The fraction of sp³-hybridized carbons (Fsp3) is 0.625. The zero-order chi connectivity index (χ0) is 13.4. The number of hydrogen-bond donors (Lipinski definition) is 1. The second kappa shape index (κ2) is 8.55. The molecule has 18 heavy (non-hydrogen) atoms. The monoisotopic (exact) mass is 267 g/mol. The molecular weight excluding hydrogens is 242 g/mol. The second-order valence-corrected chi connectivity index (χ2v) is 5.40. The van der Waals surface area contributed by atoms with Gasteiger partial charge in [0.1, 0.15) is 0 Å². The zero-order valence-electron chi connectivity index (χ0n) is 11.9. The molecule has 0 aliphatic heterocycles. The maximum atomic E-state index is 6.02. The molecule has 1 unspecified atom stereocenters. The summed E-state index contributed by atoms with van der Waals surface area (Å²) in [6, 6.07) is 6.71. The minimum Gasteiger partial charge on any atom is -0.310 e. The van der Waals surface area contributed by atoms with Crippen molar-refractivity contribution in [2.45, 2.75) is 58.9 Å². The third-order valence-corrected chi connectivity index (χ3v) is 3.64. The van der Waals surface area contributed by atoms with Crippen molar-refractivity contribution in [1.29, 1.82) is 0 Å². The molecule has 0 heterocycles. The second-order valence-electron chi connectivity index (χ2n) is 4.96. The van der Waals surface area contributed by atoms with Gasteiger partial charge >= 0.3 is 0 Å². The van der Waals surface area contributed by atoms with Gasteiger partial charge in [-0.15, -0.1) is 0 Å². The Hall–Kier alpha value is -0.530. The molecule has 0 fully saturated rings. The predicted molar refractivity (Wildman–Crippen MR) is 81.4 cm³/mol. The highest BCUT2D eigenvalue weighted by Gasteiger charge is 2.12. The van der Waals surface area contributed by atoms with Crippen LogP contribution in [0, 0.1) is 6.92 Å². The molecule has 0 saturated heterocycles. The summed E-state index contributed by atoms with van der Waals surface area (Å²) in [5.41, 5.74) is 2.70. The summed E-state index contributed by atoms with van der Waals surface area (Å²) in [6.07, 6.45) is 6.50. The van der Waals surface area contributed by atoms with Crippen LogP contribution in [0.25, 0.3) is 0 Å². The fourth-order valence-electron chi connectivity index (χ4n) is 2.42. The van der Waals surface area contributed by atoms with Crippen molar-refractivity contribution in [3.8, 4) is 0 Å². The van der Waals surface area contributed by atoms with Gasteiger partial charge in [0.25, 0.3) is 0 Å². The van der Waals surface area contributed by atoms with Crippen molar-refractivity contribution in [1.82, 2.24) is 5.32 Å². The molecule has 1 aromatic carbocycles. The van der Waals surface area contributed by atoms with E-state index in [1.54, 1.807) is 0 Å². The van der Waals surface area contributed by atoms with Crippen molar-refractivity contribution in [2.75, 3.05) is 6.54 Å². The molecule has 1 nitrogen and oxygen atoms in total. The minimum atomic E-state index is 0.476. The molecule has 0 aliphatic rings. The van der Waals surface area contributed by atoms with E-state index in [1.807, 2.05) is 6.07 Å². The van der Waals surface area contributed by atoms with Gasteiger partial charge in [0.05, 0.1) is 0 Å². The quantitative estimate of drug-likeness (QED) is 0.633. The van der Waals surface area contributed by atoms with Crippen molar-refractivity contribution >= 4 is 11.6 Å². The van der Waals surface area contributed by atoms with Gasteiger partial charge in [-0.05, 0) is 43.1 Å². The molecular formula is C16H26ClN. The van der Waals surface area contributed by atoms with Crippen LogP contribution in [0.1, 0.15) is 63.1 Å². The smallest absolute Gasteiger partial charge is 0.0408 e. The lowest BCUT2D eigenvalue weighted by molar-refractivity contribution is 0.480. The predicted octanol–water partition coefficient (Wildman–Crippen LogP) is 5.27. The van der Waals surface area contributed by atoms with Crippen LogP contribution in [0.4, 0.5) is 0 Å². The summed E-state index contributed by atoms with van der Waals surface area (Å²) in [5, 5.41) is 4.42. The highest BCUT2D eigenvalue weighted by molar-refractivity contribution is 6.30. The topological polar surface area (TPSA) is 12.0 Å². The van der Waals surface area contributed by atoms with E-state index in [1.165, 1.54) is 43.2 Å². The molecule has 1 rings (SSSR count). The first-order chi connectivity index (χ1) is 8.69. The van der Waals surface area contributed by atoms with Gasteiger partial charge in [0.2, 0.25) is 0 Å². The van der Waals surface area contributed by atoms with Crippen molar-refractivity contribution in [3.05, 3.63) is 34.3 Å². The van der Waals surface area contributed by atoms with E-state index in [4.69, 9.17) is 11.6 Å². The highest BCUT2D eigenvalue weighted by atomic mass is 35.5. The first-order valence-corrected chi connectivity index (χ1v) is 7.56. The van der Waals surface area contributed by atoms with Crippen LogP contribution in [0.3, 0.4) is 0 Å². The Morgan fingerprint density at radius 3 is 2.56 bits per heavy atom. The molecule has 1 N–H and O–H groups in total. The molecule has 0 saturated carbocycles. The zero-order valence-corrected chi connectivity index (χ0v) is 12.7. The molecule has 102 valence electrons. The van der Waals surface area contributed by atoms with Crippen molar-refractivity contribution in [2.24, 2.45) is 0 Å². The highest BCUT2D eigenvalue weighted by Crippen LogP contribution is 2.25. The molecule has 0 spiro atoms. The van der Waals surface area contributed by atoms with Gasteiger partial charge in [-0.25, -0.2) is 0 Å². The van der Waals surface area contributed by atoms with Crippen molar-refractivity contribution in [3.63, 3.8) is 0 Å². The summed E-state index contributed by atoms with van der Waals surface area (Å²) >= 11 is 6.02. The molecule has 0 amide bonds. The van der Waals surface area contributed by atoms with E-state index in [-0.39, 0.29) is 0 Å². The fourth-order valence-corrected chi connectivity index (χ4v) is 2.65. The number of unbranched alkanes of at least 4 members (excludes halogenated alkanes) is 3. The average Bonchev–Trinajstić information content (AvgIpc) is 2.34. The van der Waals surface area contributed by atoms with Gasteiger partial charge in [-0.2, -0.15) is 0 Å². The number of halogens is 1. The molecule has 0 bridgehead atoms. The summed E-state index contributed by atoms with van der Waals surface area (Å²) < 4.78 is 0. The molecule has 0 radical (unpaired) electrons. The lowest BCUT2D eigenvalue weighted by atomic mass is 9.96. The molecule has 1 aromatic rings. The summed E-state index contributed by atoms with van der Waals surface area (Å²) in [7, 11) is 0. The molecule has 1 atom stereocenters. The Labute approximate surface area is 117 Å². The van der Waals surface area contributed by atoms with E-state index in [0.717, 1.165) is 11.6 Å². The SMILES string of the molecule is CCCCCCC(NCC)c1ccc(Cl)cc1C. The molecule has 0 aromatic heterocycles. The maximum Gasteiger partial charge on any atom is 0.0408 e. The Bertz CT molecular complexity index is 349. The van der Waals surface area contributed by atoms with Gasteiger partial charge in [0, 0.05) is 11.1 Å². The van der Waals surface area contributed by atoms with E-state index >= 15 is 0 Å². The van der Waals surface area contributed by atoms with Crippen LogP contribution in [0.2, 0.25) is 5.02 Å².